The third-order valence-electron chi connectivity index (χ3n) is 4.83. The van der Waals surface area contributed by atoms with E-state index < -0.39 is 11.9 Å². The smallest absolute Gasteiger partial charge is 0.314 e. The molecule has 29 heavy (non-hydrogen) atoms. The number of aliphatic carboxylic acids is 1. The molecular weight excluding hydrogens is 370 g/mol. The molecule has 0 saturated heterocycles. The zero-order chi connectivity index (χ0) is 20.5. The number of nitrogens with zero attached hydrogens (tertiary/aromatic N) is 3. The molecule has 146 valence electrons. The Morgan fingerprint density at radius 1 is 1.00 bits per heavy atom. The lowest BCUT2D eigenvalue weighted by molar-refractivity contribution is -0.140. The maximum atomic E-state index is 11.5. The molecule has 7 heteroatoms. The van der Waals surface area contributed by atoms with Crippen LogP contribution in [0.2, 0.25) is 0 Å². The minimum Gasteiger partial charge on any atom is -0.507 e. The van der Waals surface area contributed by atoms with Crippen LogP contribution in [0.15, 0.2) is 59.1 Å². The first-order chi connectivity index (χ1) is 13.9. The number of aromatic nitrogens is 3. The van der Waals surface area contributed by atoms with E-state index in [4.69, 9.17) is 4.52 Å². The molecule has 0 aliphatic heterocycles. The third kappa shape index (κ3) is 3.54. The van der Waals surface area contributed by atoms with E-state index in [9.17, 15) is 15.0 Å². The van der Waals surface area contributed by atoms with Crippen LogP contribution < -0.4 is 0 Å². The van der Waals surface area contributed by atoms with Gasteiger partial charge in [0.1, 0.15) is 17.4 Å². The minimum absolute atomic E-state index is 0.124. The maximum absolute atomic E-state index is 11.5. The molecule has 2 aromatic carbocycles. The fourth-order valence-corrected chi connectivity index (χ4v) is 3.33. The summed E-state index contributed by atoms with van der Waals surface area (Å²) in [5.41, 5.74) is 3.17. The van der Waals surface area contributed by atoms with Crippen molar-refractivity contribution in [1.29, 1.82) is 0 Å². The van der Waals surface area contributed by atoms with Gasteiger partial charge in [-0.05, 0) is 36.2 Å². The van der Waals surface area contributed by atoms with Gasteiger partial charge in [-0.1, -0.05) is 37.2 Å². The molecule has 0 fully saturated rings. The van der Waals surface area contributed by atoms with E-state index in [-0.39, 0.29) is 11.7 Å². The number of carboxylic acid groups (broad SMARTS) is 1. The number of phenolic OH excluding ortho intramolecular Hbond substituents is 1. The van der Waals surface area contributed by atoms with E-state index in [1.165, 1.54) is 0 Å². The van der Waals surface area contributed by atoms with Crippen LogP contribution in [0, 0.1) is 5.92 Å². The number of phenols is 1. The Morgan fingerprint density at radius 3 is 2.52 bits per heavy atom. The van der Waals surface area contributed by atoms with Crippen molar-refractivity contribution < 1.29 is 19.5 Å². The summed E-state index contributed by atoms with van der Waals surface area (Å²) in [6.07, 6.45) is 0. The average molecular weight is 389 g/mol. The highest BCUT2D eigenvalue weighted by Crippen LogP contribution is 2.32. The zero-order valence-corrected chi connectivity index (χ0v) is 15.9. The molecule has 1 atom stereocenters. The topological polar surface area (TPSA) is 109 Å². The van der Waals surface area contributed by atoms with Crippen LogP contribution in [0.25, 0.3) is 33.4 Å². The van der Waals surface area contributed by atoms with Gasteiger partial charge in [-0.3, -0.25) is 4.79 Å². The van der Waals surface area contributed by atoms with E-state index in [2.05, 4.69) is 15.4 Å². The number of para-hydroxylation sites is 1. The Labute approximate surface area is 166 Å². The van der Waals surface area contributed by atoms with Gasteiger partial charge in [-0.15, -0.1) is 10.2 Å². The molecule has 2 heterocycles. The van der Waals surface area contributed by atoms with Gasteiger partial charge in [0.15, 0.2) is 5.76 Å². The van der Waals surface area contributed by atoms with Gasteiger partial charge < -0.3 is 14.7 Å². The number of rotatable bonds is 5. The van der Waals surface area contributed by atoms with Crippen molar-refractivity contribution >= 4 is 16.9 Å². The summed E-state index contributed by atoms with van der Waals surface area (Å²) in [4.78, 5) is 11.5. The van der Waals surface area contributed by atoms with E-state index in [1.54, 1.807) is 24.3 Å². The molecule has 0 aliphatic carbocycles. The minimum atomic E-state index is -0.941. The predicted molar refractivity (Wildman–Crippen MR) is 107 cm³/mol. The van der Waals surface area contributed by atoms with Gasteiger partial charge in [0.05, 0.1) is 11.2 Å². The number of hydrogen-bond acceptors (Lipinski definition) is 6. The van der Waals surface area contributed by atoms with Crippen molar-refractivity contribution in [2.24, 2.45) is 5.92 Å². The van der Waals surface area contributed by atoms with Crippen molar-refractivity contribution in [3.8, 4) is 28.3 Å². The van der Waals surface area contributed by atoms with E-state index in [0.717, 1.165) is 10.9 Å². The standard InChI is InChI=1S/C22H19N3O4/c1-12(2)21(22(27)28)20-11-17(25-29-20)13-7-8-16-14(9-13)10-18(24-23-16)15-5-3-4-6-19(15)26/h3-12,21,26H,1-2H3,(H,27,28). The Bertz CT molecular complexity index is 1200. The van der Waals surface area contributed by atoms with Crippen molar-refractivity contribution in [1.82, 2.24) is 15.4 Å². The van der Waals surface area contributed by atoms with Crippen LogP contribution in [0.1, 0.15) is 25.5 Å². The molecule has 0 aliphatic rings. The van der Waals surface area contributed by atoms with Crippen LogP contribution in [0.3, 0.4) is 0 Å². The highest BCUT2D eigenvalue weighted by atomic mass is 16.5. The second-order valence-electron chi connectivity index (χ2n) is 7.19. The summed E-state index contributed by atoms with van der Waals surface area (Å²) in [5.74, 6) is -1.36. The first-order valence-corrected chi connectivity index (χ1v) is 9.19. The van der Waals surface area contributed by atoms with Crippen LogP contribution in [0.4, 0.5) is 0 Å². The van der Waals surface area contributed by atoms with Crippen LogP contribution in [0.5, 0.6) is 5.75 Å². The zero-order valence-electron chi connectivity index (χ0n) is 15.9. The van der Waals surface area contributed by atoms with Crippen LogP contribution in [-0.2, 0) is 4.79 Å². The van der Waals surface area contributed by atoms with Crippen LogP contribution in [-0.4, -0.2) is 31.5 Å². The van der Waals surface area contributed by atoms with E-state index >= 15 is 0 Å². The number of aromatic hydroxyl groups is 1. The van der Waals surface area contributed by atoms with E-state index in [0.29, 0.717) is 28.2 Å². The molecule has 4 rings (SSSR count). The number of carboxylic acids is 1. The molecule has 4 aromatic rings. The molecule has 7 nitrogen and oxygen atoms in total. The summed E-state index contributed by atoms with van der Waals surface area (Å²) < 4.78 is 5.33. The quantitative estimate of drug-likeness (QED) is 0.518. The lowest BCUT2D eigenvalue weighted by Gasteiger charge is -2.11. The predicted octanol–water partition coefficient (Wildman–Crippen LogP) is 4.48. The Morgan fingerprint density at radius 2 is 1.79 bits per heavy atom. The van der Waals surface area contributed by atoms with Crippen molar-refractivity contribution in [3.63, 3.8) is 0 Å². The number of fused-ring (bicyclic) bond motifs is 1. The van der Waals surface area contributed by atoms with Gasteiger partial charge in [0.25, 0.3) is 0 Å². The first kappa shape index (κ1) is 18.6. The SMILES string of the molecule is CC(C)C(C(=O)O)c1cc(-c2ccc3nnc(-c4ccccc4O)cc3c2)no1. The summed E-state index contributed by atoms with van der Waals surface area (Å²) >= 11 is 0. The second kappa shape index (κ2) is 7.35. The lowest BCUT2D eigenvalue weighted by Crippen LogP contribution is -2.16. The molecule has 0 amide bonds. The fourth-order valence-electron chi connectivity index (χ4n) is 3.33. The monoisotopic (exact) mass is 389 g/mol. The average Bonchev–Trinajstić information content (AvgIpc) is 3.16. The normalized spacial score (nSPS) is 12.4. The summed E-state index contributed by atoms with van der Waals surface area (Å²) in [6, 6.07) is 16.0. The van der Waals surface area contributed by atoms with Crippen molar-refractivity contribution in [3.05, 3.63) is 60.4 Å². The van der Waals surface area contributed by atoms with Gasteiger partial charge >= 0.3 is 5.97 Å². The molecule has 0 bridgehead atoms. The van der Waals surface area contributed by atoms with Gasteiger partial charge in [0.2, 0.25) is 0 Å². The van der Waals surface area contributed by atoms with Crippen LogP contribution >= 0.6 is 0 Å². The molecule has 0 spiro atoms. The summed E-state index contributed by atoms with van der Waals surface area (Å²) in [5, 5.41) is 32.8. The molecule has 2 aromatic heterocycles. The van der Waals surface area contributed by atoms with Crippen molar-refractivity contribution in [2.45, 2.75) is 19.8 Å². The summed E-state index contributed by atoms with van der Waals surface area (Å²) in [6.45, 7) is 3.66. The Kier molecular flexibility index (Phi) is 4.72. The Hall–Kier alpha value is -3.74. The van der Waals surface area contributed by atoms with Gasteiger partial charge in [0, 0.05) is 22.6 Å². The lowest BCUT2D eigenvalue weighted by atomic mass is 9.93. The Balaban J connectivity index is 1.74. The highest BCUT2D eigenvalue weighted by Gasteiger charge is 2.28. The van der Waals surface area contributed by atoms with E-state index in [1.807, 2.05) is 44.2 Å². The number of hydrogen-bond donors (Lipinski definition) is 2. The number of benzene rings is 2. The molecular formula is C22H19N3O4. The largest absolute Gasteiger partial charge is 0.507 e. The van der Waals surface area contributed by atoms with Crippen molar-refractivity contribution in [2.75, 3.05) is 0 Å². The second-order valence-corrected chi connectivity index (χ2v) is 7.19. The molecule has 0 saturated carbocycles. The molecule has 2 N–H and O–H groups in total. The highest BCUT2D eigenvalue weighted by molar-refractivity contribution is 5.86. The van der Waals surface area contributed by atoms with Gasteiger partial charge in [-0.2, -0.15) is 0 Å². The first-order valence-electron chi connectivity index (χ1n) is 9.19. The molecule has 1 unspecified atom stereocenters. The fraction of sp³-hybridized carbons (Fsp3) is 0.182. The van der Waals surface area contributed by atoms with Gasteiger partial charge in [-0.25, -0.2) is 0 Å². The summed E-state index contributed by atoms with van der Waals surface area (Å²) in [7, 11) is 0. The maximum Gasteiger partial charge on any atom is 0.314 e. The third-order valence-corrected chi connectivity index (χ3v) is 4.83. The number of carbonyl (C=O) groups is 1. The molecule has 0 radical (unpaired) electrons.